The van der Waals surface area contributed by atoms with Crippen LogP contribution < -0.4 is 0 Å². The maximum Gasteiger partial charge on any atom is 0.323 e. The molecular formula is C13H26N2O2. The highest BCUT2D eigenvalue weighted by Crippen LogP contribution is 2.16. The van der Waals surface area contributed by atoms with Crippen LogP contribution in [0.1, 0.15) is 33.6 Å². The number of carbonyl (C=O) groups excluding carboxylic acids is 1. The molecule has 1 heterocycles. The highest BCUT2D eigenvalue weighted by Gasteiger charge is 2.31. The van der Waals surface area contributed by atoms with Gasteiger partial charge in [-0.1, -0.05) is 13.8 Å². The molecule has 0 amide bonds. The van der Waals surface area contributed by atoms with E-state index in [0.717, 1.165) is 32.5 Å². The van der Waals surface area contributed by atoms with Gasteiger partial charge >= 0.3 is 5.97 Å². The second-order valence-corrected chi connectivity index (χ2v) is 4.71. The molecule has 0 aromatic carbocycles. The van der Waals surface area contributed by atoms with Gasteiger partial charge in [-0.3, -0.25) is 9.69 Å². The van der Waals surface area contributed by atoms with Crippen molar-refractivity contribution >= 4 is 5.97 Å². The molecule has 1 rings (SSSR count). The van der Waals surface area contributed by atoms with Crippen molar-refractivity contribution in [2.75, 3.05) is 33.3 Å². The molecule has 0 saturated carbocycles. The van der Waals surface area contributed by atoms with Crippen molar-refractivity contribution in [1.82, 2.24) is 9.80 Å². The van der Waals surface area contributed by atoms with E-state index in [1.165, 1.54) is 0 Å². The summed E-state index contributed by atoms with van der Waals surface area (Å²) in [5, 5.41) is 0. The molecule has 1 saturated heterocycles. The van der Waals surface area contributed by atoms with Crippen LogP contribution in [0.4, 0.5) is 0 Å². The molecule has 100 valence electrons. The standard InChI is InChI=1S/C13H26N2O2/c1-5-11-10-15(9-8-14(11)4)12(6-2)13(16)17-7-3/h11-12H,5-10H2,1-4H3. The number of carbonyl (C=O) groups is 1. The highest BCUT2D eigenvalue weighted by molar-refractivity contribution is 5.75. The molecule has 17 heavy (non-hydrogen) atoms. The molecule has 1 aliphatic rings. The largest absolute Gasteiger partial charge is 0.465 e. The van der Waals surface area contributed by atoms with Gasteiger partial charge in [0.25, 0.3) is 0 Å². The molecule has 4 heteroatoms. The van der Waals surface area contributed by atoms with Gasteiger partial charge in [0.1, 0.15) is 6.04 Å². The van der Waals surface area contributed by atoms with Crippen LogP contribution in [0.15, 0.2) is 0 Å². The third-order valence-electron chi connectivity index (χ3n) is 3.67. The zero-order valence-corrected chi connectivity index (χ0v) is 11.6. The Hall–Kier alpha value is -0.610. The smallest absolute Gasteiger partial charge is 0.323 e. The molecule has 0 aromatic rings. The summed E-state index contributed by atoms with van der Waals surface area (Å²) in [6.45, 7) is 9.57. The lowest BCUT2D eigenvalue weighted by Crippen LogP contribution is -2.56. The maximum atomic E-state index is 11.9. The van der Waals surface area contributed by atoms with Gasteiger partial charge in [0.15, 0.2) is 0 Å². The van der Waals surface area contributed by atoms with Gasteiger partial charge in [-0.15, -0.1) is 0 Å². The monoisotopic (exact) mass is 242 g/mol. The summed E-state index contributed by atoms with van der Waals surface area (Å²) < 4.78 is 5.15. The van der Waals surface area contributed by atoms with Crippen molar-refractivity contribution in [2.45, 2.75) is 45.7 Å². The van der Waals surface area contributed by atoms with Crippen molar-refractivity contribution < 1.29 is 9.53 Å². The zero-order chi connectivity index (χ0) is 12.8. The lowest BCUT2D eigenvalue weighted by molar-refractivity contribution is -0.150. The first-order chi connectivity index (χ1) is 8.13. The van der Waals surface area contributed by atoms with Gasteiger partial charge in [-0.2, -0.15) is 0 Å². The van der Waals surface area contributed by atoms with Crippen LogP contribution in [0.5, 0.6) is 0 Å². The Morgan fingerprint density at radius 1 is 1.35 bits per heavy atom. The molecular weight excluding hydrogens is 216 g/mol. The molecule has 1 aliphatic heterocycles. The first-order valence-corrected chi connectivity index (χ1v) is 6.74. The minimum absolute atomic E-state index is 0.0577. The van der Waals surface area contributed by atoms with E-state index in [4.69, 9.17) is 4.74 Å². The second kappa shape index (κ2) is 6.97. The van der Waals surface area contributed by atoms with Gasteiger partial charge in [0.2, 0.25) is 0 Å². The summed E-state index contributed by atoms with van der Waals surface area (Å²) in [4.78, 5) is 16.5. The average Bonchev–Trinajstić information content (AvgIpc) is 2.32. The number of nitrogens with zero attached hydrogens (tertiary/aromatic N) is 2. The van der Waals surface area contributed by atoms with Crippen LogP contribution in [-0.4, -0.2) is 61.1 Å². The number of rotatable bonds is 5. The van der Waals surface area contributed by atoms with Crippen molar-refractivity contribution in [3.05, 3.63) is 0 Å². The van der Waals surface area contributed by atoms with Gasteiger partial charge in [-0.25, -0.2) is 0 Å². The van der Waals surface area contributed by atoms with E-state index in [1.54, 1.807) is 0 Å². The molecule has 4 nitrogen and oxygen atoms in total. The van der Waals surface area contributed by atoms with E-state index in [9.17, 15) is 4.79 Å². The molecule has 2 unspecified atom stereocenters. The summed E-state index contributed by atoms with van der Waals surface area (Å²) in [5.74, 6) is -0.0607. The first-order valence-electron chi connectivity index (χ1n) is 6.74. The normalized spacial score (nSPS) is 24.6. The zero-order valence-electron chi connectivity index (χ0n) is 11.6. The minimum Gasteiger partial charge on any atom is -0.465 e. The molecule has 2 atom stereocenters. The van der Waals surface area contributed by atoms with Gasteiger partial charge in [-0.05, 0) is 26.8 Å². The Kier molecular flexibility index (Phi) is 5.92. The SMILES string of the molecule is CCOC(=O)C(CC)N1CCN(C)C(CC)C1. The number of ether oxygens (including phenoxy) is 1. The summed E-state index contributed by atoms with van der Waals surface area (Å²) in [7, 11) is 2.16. The predicted octanol–water partition coefficient (Wildman–Crippen LogP) is 1.35. The molecule has 0 aliphatic carbocycles. The first kappa shape index (κ1) is 14.5. The third-order valence-corrected chi connectivity index (χ3v) is 3.67. The van der Waals surface area contributed by atoms with E-state index < -0.39 is 0 Å². The highest BCUT2D eigenvalue weighted by atomic mass is 16.5. The summed E-state index contributed by atoms with van der Waals surface area (Å²) in [6.07, 6.45) is 1.96. The number of hydrogen-bond acceptors (Lipinski definition) is 4. The van der Waals surface area contributed by atoms with Gasteiger partial charge in [0, 0.05) is 25.7 Å². The van der Waals surface area contributed by atoms with Crippen LogP contribution >= 0.6 is 0 Å². The minimum atomic E-state index is -0.0607. The Balaban J connectivity index is 2.60. The summed E-state index contributed by atoms with van der Waals surface area (Å²) in [6, 6.07) is 0.505. The fourth-order valence-electron chi connectivity index (χ4n) is 2.51. The maximum absolute atomic E-state index is 11.9. The van der Waals surface area contributed by atoms with Crippen molar-refractivity contribution in [2.24, 2.45) is 0 Å². The van der Waals surface area contributed by atoms with Crippen LogP contribution in [0, 0.1) is 0 Å². The number of hydrogen-bond donors (Lipinski definition) is 0. The molecule has 1 fully saturated rings. The Morgan fingerprint density at radius 2 is 2.06 bits per heavy atom. The lowest BCUT2D eigenvalue weighted by atomic mass is 10.1. The van der Waals surface area contributed by atoms with E-state index in [1.807, 2.05) is 6.92 Å². The molecule has 0 aromatic heterocycles. The molecule has 0 bridgehead atoms. The topological polar surface area (TPSA) is 32.8 Å². The van der Waals surface area contributed by atoms with Crippen LogP contribution in [0.25, 0.3) is 0 Å². The van der Waals surface area contributed by atoms with Crippen molar-refractivity contribution in [3.8, 4) is 0 Å². The van der Waals surface area contributed by atoms with Crippen molar-refractivity contribution in [1.29, 1.82) is 0 Å². The molecule has 0 spiro atoms. The molecule has 0 N–H and O–H groups in total. The van der Waals surface area contributed by atoms with E-state index in [-0.39, 0.29) is 12.0 Å². The van der Waals surface area contributed by atoms with E-state index in [2.05, 4.69) is 30.7 Å². The lowest BCUT2D eigenvalue weighted by Gasteiger charge is -2.41. The Labute approximate surface area is 105 Å². The number of esters is 1. The van der Waals surface area contributed by atoms with Crippen molar-refractivity contribution in [3.63, 3.8) is 0 Å². The fraction of sp³-hybridized carbons (Fsp3) is 0.923. The van der Waals surface area contributed by atoms with E-state index in [0.29, 0.717) is 12.6 Å². The van der Waals surface area contributed by atoms with Crippen LogP contribution in [-0.2, 0) is 9.53 Å². The van der Waals surface area contributed by atoms with Crippen LogP contribution in [0.3, 0.4) is 0 Å². The van der Waals surface area contributed by atoms with E-state index >= 15 is 0 Å². The Morgan fingerprint density at radius 3 is 2.59 bits per heavy atom. The summed E-state index contributed by atoms with van der Waals surface area (Å²) >= 11 is 0. The quantitative estimate of drug-likeness (QED) is 0.681. The summed E-state index contributed by atoms with van der Waals surface area (Å²) in [5.41, 5.74) is 0. The van der Waals surface area contributed by atoms with Crippen LogP contribution in [0.2, 0.25) is 0 Å². The van der Waals surface area contributed by atoms with Gasteiger partial charge in [0.05, 0.1) is 6.61 Å². The predicted molar refractivity (Wildman–Crippen MR) is 69.0 cm³/mol. The second-order valence-electron chi connectivity index (χ2n) is 4.71. The molecule has 0 radical (unpaired) electrons. The fourth-order valence-corrected chi connectivity index (χ4v) is 2.51. The third kappa shape index (κ3) is 3.68. The Bertz CT molecular complexity index is 246. The average molecular weight is 242 g/mol. The number of likely N-dealkylation sites (N-methyl/N-ethyl adjacent to an activating group) is 1. The number of piperazine rings is 1. The van der Waals surface area contributed by atoms with Gasteiger partial charge < -0.3 is 9.64 Å².